The monoisotopic (exact) mass is 253 g/mol. The number of ether oxygens (including phenoxy) is 3. The van der Waals surface area contributed by atoms with Crippen molar-refractivity contribution in [3.8, 4) is 17.2 Å². The molecule has 4 nitrogen and oxygen atoms in total. The van der Waals surface area contributed by atoms with Crippen LogP contribution in [-0.2, 0) is 5.54 Å². The molecule has 1 saturated carbocycles. The minimum Gasteiger partial charge on any atom is -0.493 e. The average Bonchev–Trinajstić information content (AvgIpc) is 2.36. The summed E-state index contributed by atoms with van der Waals surface area (Å²) in [6, 6.07) is 1.76. The summed E-state index contributed by atoms with van der Waals surface area (Å²) in [7, 11) is 1.44. The van der Waals surface area contributed by atoms with Crippen molar-refractivity contribution >= 4 is 0 Å². The quantitative estimate of drug-likeness (QED) is 0.875. The number of hydrogen-bond donors (Lipinski definition) is 1. The van der Waals surface area contributed by atoms with Gasteiger partial charge in [-0.1, -0.05) is 0 Å². The zero-order valence-corrected chi connectivity index (χ0v) is 10.3. The molecule has 2 N–H and O–H groups in total. The van der Waals surface area contributed by atoms with E-state index < -0.39 is 11.4 Å². The standard InChI is InChI=1S/C13H16FNO3/c1-16-11-8(13(15)3-2-4-13)7-9-12(10(11)14)18-6-5-17-9/h7H,2-6,15H2,1H3. The number of hydrogen-bond acceptors (Lipinski definition) is 4. The lowest BCUT2D eigenvalue weighted by atomic mass is 9.72. The SMILES string of the molecule is COc1c(C2(N)CCC2)cc2c(c1F)OCCO2. The minimum atomic E-state index is -0.513. The van der Waals surface area contributed by atoms with Crippen LogP contribution in [0.2, 0.25) is 0 Å². The molecule has 0 radical (unpaired) electrons. The van der Waals surface area contributed by atoms with E-state index in [0.29, 0.717) is 24.5 Å². The molecule has 98 valence electrons. The maximum atomic E-state index is 14.3. The summed E-state index contributed by atoms with van der Waals surface area (Å²) in [4.78, 5) is 0. The molecule has 0 aromatic heterocycles. The van der Waals surface area contributed by atoms with Gasteiger partial charge in [0, 0.05) is 11.1 Å². The fourth-order valence-electron chi connectivity index (χ4n) is 2.53. The van der Waals surface area contributed by atoms with Crippen LogP contribution in [0.5, 0.6) is 17.2 Å². The van der Waals surface area contributed by atoms with Crippen LogP contribution in [-0.4, -0.2) is 20.3 Å². The Labute approximate surface area is 105 Å². The molecule has 0 amide bonds. The Hall–Kier alpha value is -1.49. The number of rotatable bonds is 2. The number of methoxy groups -OCH3 is 1. The van der Waals surface area contributed by atoms with Gasteiger partial charge in [0.25, 0.3) is 0 Å². The van der Waals surface area contributed by atoms with Gasteiger partial charge in [-0.25, -0.2) is 0 Å². The largest absolute Gasteiger partial charge is 0.493 e. The Kier molecular flexibility index (Phi) is 2.59. The zero-order valence-electron chi connectivity index (χ0n) is 10.3. The van der Waals surface area contributed by atoms with Gasteiger partial charge in [0.1, 0.15) is 13.2 Å². The van der Waals surface area contributed by atoms with E-state index in [1.54, 1.807) is 6.07 Å². The zero-order chi connectivity index (χ0) is 12.8. The second-order valence-electron chi connectivity index (χ2n) is 4.81. The lowest BCUT2D eigenvalue weighted by Crippen LogP contribution is -2.43. The van der Waals surface area contributed by atoms with E-state index in [-0.39, 0.29) is 11.5 Å². The van der Waals surface area contributed by atoms with Gasteiger partial charge in [-0.15, -0.1) is 0 Å². The van der Waals surface area contributed by atoms with Crippen molar-refractivity contribution in [2.24, 2.45) is 5.73 Å². The second kappa shape index (κ2) is 4.02. The van der Waals surface area contributed by atoms with Crippen LogP contribution in [0.15, 0.2) is 6.07 Å². The molecule has 1 fully saturated rings. The molecule has 1 aromatic rings. The van der Waals surface area contributed by atoms with E-state index in [1.807, 2.05) is 0 Å². The normalized spacial score (nSPS) is 20.2. The topological polar surface area (TPSA) is 53.7 Å². The van der Waals surface area contributed by atoms with Gasteiger partial charge in [-0.2, -0.15) is 4.39 Å². The molecular formula is C13H16FNO3. The van der Waals surface area contributed by atoms with Crippen LogP contribution in [0.1, 0.15) is 24.8 Å². The molecule has 0 spiro atoms. The van der Waals surface area contributed by atoms with Crippen molar-refractivity contribution in [3.05, 3.63) is 17.4 Å². The second-order valence-corrected chi connectivity index (χ2v) is 4.81. The predicted octanol–water partition coefficient (Wildman–Crippen LogP) is 1.94. The highest BCUT2D eigenvalue weighted by Gasteiger charge is 2.39. The van der Waals surface area contributed by atoms with E-state index in [1.165, 1.54) is 7.11 Å². The number of benzene rings is 1. The first-order valence-corrected chi connectivity index (χ1v) is 6.11. The predicted molar refractivity (Wildman–Crippen MR) is 63.7 cm³/mol. The van der Waals surface area contributed by atoms with Crippen molar-refractivity contribution in [2.75, 3.05) is 20.3 Å². The van der Waals surface area contributed by atoms with Crippen LogP contribution in [0, 0.1) is 5.82 Å². The maximum absolute atomic E-state index is 14.3. The third kappa shape index (κ3) is 1.54. The number of fused-ring (bicyclic) bond motifs is 1. The van der Waals surface area contributed by atoms with Crippen LogP contribution in [0.25, 0.3) is 0 Å². The molecule has 0 unspecified atom stereocenters. The summed E-state index contributed by atoms with van der Waals surface area (Å²) in [5.74, 6) is 0.221. The van der Waals surface area contributed by atoms with Crippen LogP contribution in [0.3, 0.4) is 0 Å². The van der Waals surface area contributed by atoms with E-state index in [2.05, 4.69) is 0 Å². The maximum Gasteiger partial charge on any atom is 0.211 e. The number of halogens is 1. The Morgan fingerprint density at radius 2 is 2.06 bits per heavy atom. The third-order valence-electron chi connectivity index (χ3n) is 3.72. The Balaban J connectivity index is 2.15. The molecule has 18 heavy (non-hydrogen) atoms. The van der Waals surface area contributed by atoms with Gasteiger partial charge in [-0.05, 0) is 25.3 Å². The van der Waals surface area contributed by atoms with Crippen LogP contribution >= 0.6 is 0 Å². The van der Waals surface area contributed by atoms with Gasteiger partial charge >= 0.3 is 0 Å². The lowest BCUT2D eigenvalue weighted by molar-refractivity contribution is 0.159. The first-order chi connectivity index (χ1) is 8.65. The smallest absolute Gasteiger partial charge is 0.211 e. The molecule has 0 bridgehead atoms. The van der Waals surface area contributed by atoms with E-state index in [0.717, 1.165) is 19.3 Å². The highest BCUT2D eigenvalue weighted by atomic mass is 19.1. The molecular weight excluding hydrogens is 237 g/mol. The molecule has 1 aromatic carbocycles. The lowest BCUT2D eigenvalue weighted by Gasteiger charge is -2.40. The number of nitrogens with two attached hydrogens (primary N) is 1. The summed E-state index contributed by atoms with van der Waals surface area (Å²) >= 11 is 0. The van der Waals surface area contributed by atoms with Gasteiger partial charge in [0.15, 0.2) is 11.5 Å². The van der Waals surface area contributed by atoms with E-state index >= 15 is 0 Å². The van der Waals surface area contributed by atoms with E-state index in [4.69, 9.17) is 19.9 Å². The van der Waals surface area contributed by atoms with Crippen molar-refractivity contribution < 1.29 is 18.6 Å². The molecule has 1 aliphatic carbocycles. The minimum absolute atomic E-state index is 0.129. The fourth-order valence-corrected chi connectivity index (χ4v) is 2.53. The van der Waals surface area contributed by atoms with E-state index in [9.17, 15) is 4.39 Å². The Morgan fingerprint density at radius 1 is 1.33 bits per heavy atom. The van der Waals surface area contributed by atoms with Gasteiger partial charge in [0.2, 0.25) is 11.6 Å². The molecule has 3 rings (SSSR count). The van der Waals surface area contributed by atoms with Crippen molar-refractivity contribution in [3.63, 3.8) is 0 Å². The molecule has 2 aliphatic rings. The van der Waals surface area contributed by atoms with Gasteiger partial charge in [0.05, 0.1) is 7.11 Å². The average molecular weight is 253 g/mol. The summed E-state index contributed by atoms with van der Waals surface area (Å²) in [5, 5.41) is 0. The molecule has 0 atom stereocenters. The van der Waals surface area contributed by atoms with Crippen LogP contribution in [0.4, 0.5) is 4.39 Å². The summed E-state index contributed by atoms with van der Waals surface area (Å²) in [6.45, 7) is 0.774. The van der Waals surface area contributed by atoms with Crippen molar-refractivity contribution in [2.45, 2.75) is 24.8 Å². The molecule has 1 aliphatic heterocycles. The third-order valence-corrected chi connectivity index (χ3v) is 3.72. The molecule has 5 heteroatoms. The van der Waals surface area contributed by atoms with Crippen LogP contribution < -0.4 is 19.9 Å². The Bertz CT molecular complexity index is 486. The van der Waals surface area contributed by atoms with Gasteiger partial charge < -0.3 is 19.9 Å². The highest BCUT2D eigenvalue weighted by molar-refractivity contribution is 5.55. The van der Waals surface area contributed by atoms with Gasteiger partial charge in [-0.3, -0.25) is 0 Å². The first kappa shape index (κ1) is 11.6. The Morgan fingerprint density at radius 3 is 2.67 bits per heavy atom. The molecule has 0 saturated heterocycles. The van der Waals surface area contributed by atoms with Crippen molar-refractivity contribution in [1.82, 2.24) is 0 Å². The summed E-state index contributed by atoms with van der Waals surface area (Å²) in [5.41, 5.74) is 6.44. The van der Waals surface area contributed by atoms with Crippen molar-refractivity contribution in [1.29, 1.82) is 0 Å². The summed E-state index contributed by atoms with van der Waals surface area (Å²) < 4.78 is 30.2. The first-order valence-electron chi connectivity index (χ1n) is 6.11. The fraction of sp³-hybridized carbons (Fsp3) is 0.538. The summed E-state index contributed by atoms with van der Waals surface area (Å²) in [6.07, 6.45) is 2.72. The molecule has 1 heterocycles. The highest BCUT2D eigenvalue weighted by Crippen LogP contribution is 2.49.